The van der Waals surface area contributed by atoms with Crippen molar-refractivity contribution in [2.24, 2.45) is 0 Å². The molecule has 0 aliphatic heterocycles. The van der Waals surface area contributed by atoms with Crippen molar-refractivity contribution in [2.45, 2.75) is 0 Å². The van der Waals surface area contributed by atoms with Crippen LogP contribution in [0.25, 0.3) is 16.9 Å². The molecule has 0 spiro atoms. The summed E-state index contributed by atoms with van der Waals surface area (Å²) in [6, 6.07) is 15.1. The van der Waals surface area contributed by atoms with E-state index in [0.717, 1.165) is 15.7 Å². The third-order valence-electron chi connectivity index (χ3n) is 2.96. The molecule has 0 radical (unpaired) electrons. The van der Waals surface area contributed by atoms with Crippen LogP contribution >= 0.6 is 15.9 Å². The van der Waals surface area contributed by atoms with Gasteiger partial charge in [0.05, 0.1) is 11.4 Å². The SMILES string of the molecule is O=c1cc(-c2ccc(Br)cc2)n(-c2ccc(F)cc2)[nH]1.[H-].[H-].[Mg+2]. The molecule has 21 heavy (non-hydrogen) atoms. The Hall–Kier alpha value is -1.37. The van der Waals surface area contributed by atoms with Crippen LogP contribution in [0.15, 0.2) is 63.9 Å². The summed E-state index contributed by atoms with van der Waals surface area (Å²) in [6.07, 6.45) is 0. The maximum atomic E-state index is 13.0. The van der Waals surface area contributed by atoms with Crippen molar-refractivity contribution in [1.82, 2.24) is 9.78 Å². The Labute approximate surface area is 148 Å². The predicted molar refractivity (Wildman–Crippen MR) is 87.5 cm³/mol. The monoisotopic (exact) mass is 358 g/mol. The minimum absolute atomic E-state index is 0. The molecule has 0 unspecified atom stereocenters. The summed E-state index contributed by atoms with van der Waals surface area (Å²) in [7, 11) is 0. The van der Waals surface area contributed by atoms with E-state index in [1.54, 1.807) is 16.8 Å². The number of nitrogens with zero attached hydrogens (tertiary/aromatic N) is 1. The first-order chi connectivity index (χ1) is 9.63. The number of nitrogens with one attached hydrogen (secondary N) is 1. The summed E-state index contributed by atoms with van der Waals surface area (Å²) in [5.41, 5.74) is 2.13. The summed E-state index contributed by atoms with van der Waals surface area (Å²) < 4.78 is 15.6. The third kappa shape index (κ3) is 3.45. The van der Waals surface area contributed by atoms with Gasteiger partial charge in [-0.1, -0.05) is 28.1 Å². The molecule has 3 nitrogen and oxygen atoms in total. The Bertz CT molecular complexity index is 738. The van der Waals surface area contributed by atoms with Crippen LogP contribution < -0.4 is 5.56 Å². The van der Waals surface area contributed by atoms with E-state index < -0.39 is 0 Å². The molecule has 0 bridgehead atoms. The molecule has 0 fully saturated rings. The van der Waals surface area contributed by atoms with Crippen LogP contribution in [0.1, 0.15) is 2.85 Å². The first kappa shape index (κ1) is 16.0. The average Bonchev–Trinajstić information content (AvgIpc) is 2.82. The molecule has 0 saturated heterocycles. The van der Waals surface area contributed by atoms with Gasteiger partial charge in [0.25, 0.3) is 5.56 Å². The molecule has 6 heteroatoms. The van der Waals surface area contributed by atoms with Crippen molar-refractivity contribution in [3.63, 3.8) is 0 Å². The molecule has 3 rings (SSSR count). The van der Waals surface area contributed by atoms with Gasteiger partial charge in [-0.25, -0.2) is 4.39 Å². The molecule has 2 aromatic carbocycles. The fraction of sp³-hybridized carbons (Fsp3) is 0. The van der Waals surface area contributed by atoms with Crippen molar-refractivity contribution in [3.05, 3.63) is 75.2 Å². The van der Waals surface area contributed by atoms with E-state index in [2.05, 4.69) is 21.0 Å². The van der Waals surface area contributed by atoms with Gasteiger partial charge in [0.1, 0.15) is 5.82 Å². The van der Waals surface area contributed by atoms with E-state index in [-0.39, 0.29) is 37.3 Å². The summed E-state index contributed by atoms with van der Waals surface area (Å²) in [5, 5.41) is 2.72. The van der Waals surface area contributed by atoms with Crippen LogP contribution in [0, 0.1) is 5.82 Å². The van der Waals surface area contributed by atoms with Gasteiger partial charge in [-0.3, -0.25) is 14.6 Å². The van der Waals surface area contributed by atoms with E-state index in [9.17, 15) is 9.18 Å². The second-order valence-electron chi connectivity index (χ2n) is 4.32. The Morgan fingerprint density at radius 1 is 1.05 bits per heavy atom. The van der Waals surface area contributed by atoms with Crippen LogP contribution in [0.5, 0.6) is 0 Å². The predicted octanol–water partition coefficient (Wildman–Crippen LogP) is 3.58. The van der Waals surface area contributed by atoms with Gasteiger partial charge in [-0.05, 0) is 36.4 Å². The van der Waals surface area contributed by atoms with Crippen LogP contribution in [-0.2, 0) is 0 Å². The molecule has 0 atom stereocenters. The summed E-state index contributed by atoms with van der Waals surface area (Å²) >= 11 is 3.38. The van der Waals surface area contributed by atoms with Crippen molar-refractivity contribution in [2.75, 3.05) is 0 Å². The molecular weight excluding hydrogens is 347 g/mol. The van der Waals surface area contributed by atoms with E-state index in [0.29, 0.717) is 5.69 Å². The third-order valence-corrected chi connectivity index (χ3v) is 3.48. The maximum absolute atomic E-state index is 13.0. The molecule has 1 heterocycles. The largest absolute Gasteiger partial charge is 2.00 e. The molecule has 3 aromatic rings. The minimum Gasteiger partial charge on any atom is -1.00 e. The first-order valence-corrected chi connectivity index (χ1v) is 6.77. The Morgan fingerprint density at radius 3 is 2.29 bits per heavy atom. The molecule has 0 saturated carbocycles. The Kier molecular flexibility index (Phi) is 5.02. The number of hydrogen-bond acceptors (Lipinski definition) is 1. The van der Waals surface area contributed by atoms with E-state index >= 15 is 0 Å². The van der Waals surface area contributed by atoms with Crippen LogP contribution in [0.3, 0.4) is 0 Å². The van der Waals surface area contributed by atoms with Crippen LogP contribution in [0.4, 0.5) is 4.39 Å². The van der Waals surface area contributed by atoms with Crippen LogP contribution in [0.2, 0.25) is 0 Å². The zero-order valence-electron chi connectivity index (χ0n) is 13.0. The molecular formula is C15H12BrFMgN2O. The zero-order valence-corrected chi connectivity index (χ0v) is 14.0. The number of hydrogen-bond donors (Lipinski definition) is 1. The van der Waals surface area contributed by atoms with Crippen molar-refractivity contribution in [3.8, 4) is 16.9 Å². The van der Waals surface area contributed by atoms with Gasteiger partial charge in [0.2, 0.25) is 0 Å². The topological polar surface area (TPSA) is 37.8 Å². The van der Waals surface area contributed by atoms with Gasteiger partial charge >= 0.3 is 23.1 Å². The number of halogens is 2. The number of benzene rings is 2. The first-order valence-electron chi connectivity index (χ1n) is 5.97. The fourth-order valence-electron chi connectivity index (χ4n) is 2.02. The number of rotatable bonds is 2. The Balaban J connectivity index is 0.00000161. The molecule has 104 valence electrons. The smallest absolute Gasteiger partial charge is 1.00 e. The number of H-pyrrole nitrogens is 1. The van der Waals surface area contributed by atoms with Gasteiger partial charge in [0.15, 0.2) is 0 Å². The van der Waals surface area contributed by atoms with Crippen molar-refractivity contribution >= 4 is 39.0 Å². The summed E-state index contributed by atoms with van der Waals surface area (Å²) in [5.74, 6) is -0.312. The second kappa shape index (κ2) is 6.59. The second-order valence-corrected chi connectivity index (χ2v) is 5.24. The zero-order chi connectivity index (χ0) is 14.1. The number of aromatic nitrogens is 2. The maximum Gasteiger partial charge on any atom is 2.00 e. The van der Waals surface area contributed by atoms with Gasteiger partial charge < -0.3 is 2.85 Å². The average molecular weight is 359 g/mol. The fourth-order valence-corrected chi connectivity index (χ4v) is 2.28. The summed E-state index contributed by atoms with van der Waals surface area (Å²) in [4.78, 5) is 11.6. The van der Waals surface area contributed by atoms with Crippen molar-refractivity contribution < 1.29 is 7.24 Å². The molecule has 0 aliphatic carbocycles. The van der Waals surface area contributed by atoms with Crippen LogP contribution in [-0.4, -0.2) is 32.8 Å². The minimum atomic E-state index is -0.312. The number of aromatic amines is 1. The van der Waals surface area contributed by atoms with Crippen molar-refractivity contribution in [1.29, 1.82) is 0 Å². The molecule has 0 amide bonds. The van der Waals surface area contributed by atoms with Gasteiger partial charge in [-0.15, -0.1) is 0 Å². The van der Waals surface area contributed by atoms with Gasteiger partial charge in [-0.2, -0.15) is 0 Å². The standard InChI is InChI=1S/C15H10BrFN2O.Mg.2H/c16-11-3-1-10(2-4-11)14-9-15(20)18-19(14)13-7-5-12(17)6-8-13;;;/h1-9H,(H,18,20);;;/q;+2;2*-1. The Morgan fingerprint density at radius 2 is 1.67 bits per heavy atom. The molecule has 0 aliphatic rings. The normalized spacial score (nSPS) is 10.2. The summed E-state index contributed by atoms with van der Waals surface area (Å²) in [6.45, 7) is 0. The molecule has 1 aromatic heterocycles. The van der Waals surface area contributed by atoms with E-state index in [1.807, 2.05) is 24.3 Å². The van der Waals surface area contributed by atoms with E-state index in [1.165, 1.54) is 18.2 Å². The molecule has 1 N–H and O–H groups in total. The van der Waals surface area contributed by atoms with E-state index in [4.69, 9.17) is 0 Å². The quantitative estimate of drug-likeness (QED) is 0.698. The van der Waals surface area contributed by atoms with Gasteiger partial charge in [0, 0.05) is 16.1 Å².